The van der Waals surface area contributed by atoms with E-state index in [1.165, 1.54) is 6.07 Å². The Bertz CT molecular complexity index is 813. The molecule has 1 aliphatic carbocycles. The van der Waals surface area contributed by atoms with E-state index in [2.05, 4.69) is 6.58 Å². The zero-order valence-electron chi connectivity index (χ0n) is 15.2. The molecule has 1 aliphatic rings. The molecule has 4 heteroatoms. The van der Waals surface area contributed by atoms with Crippen LogP contribution >= 0.6 is 0 Å². The molecule has 0 aromatic heterocycles. The van der Waals surface area contributed by atoms with Crippen LogP contribution in [-0.2, 0) is 9.53 Å². The molecule has 0 saturated heterocycles. The van der Waals surface area contributed by atoms with Gasteiger partial charge in [0.1, 0.15) is 11.9 Å². The summed E-state index contributed by atoms with van der Waals surface area (Å²) in [5.74, 6) is -0.113. The Kier molecular flexibility index (Phi) is 4.86. The third-order valence-corrected chi connectivity index (χ3v) is 5.11. The smallest absolute Gasteiger partial charge is 0.310 e. The van der Waals surface area contributed by atoms with Crippen molar-refractivity contribution in [3.8, 4) is 11.5 Å². The fourth-order valence-corrected chi connectivity index (χ4v) is 3.35. The molecule has 1 fully saturated rings. The van der Waals surface area contributed by atoms with E-state index in [-0.39, 0.29) is 29.0 Å². The molecule has 136 valence electrons. The predicted octanol–water partition coefficient (Wildman–Crippen LogP) is 5.68. The molecule has 3 rings (SSSR count). The van der Waals surface area contributed by atoms with Crippen LogP contribution in [0.5, 0.6) is 11.5 Å². The number of carbonyl (C=O) groups is 1. The molecule has 26 heavy (non-hydrogen) atoms. The van der Waals surface area contributed by atoms with Crippen molar-refractivity contribution in [2.75, 3.05) is 0 Å². The minimum absolute atomic E-state index is 0.104. The average Bonchev–Trinajstić information content (AvgIpc) is 3.18. The number of ether oxygens (including phenoxy) is 2. The summed E-state index contributed by atoms with van der Waals surface area (Å²) in [5, 5.41) is 0. The maximum atomic E-state index is 14.1. The van der Waals surface area contributed by atoms with Crippen LogP contribution in [0, 0.1) is 23.1 Å². The number of esters is 1. The van der Waals surface area contributed by atoms with Crippen molar-refractivity contribution < 1.29 is 18.7 Å². The molecule has 0 amide bonds. The van der Waals surface area contributed by atoms with Gasteiger partial charge < -0.3 is 9.47 Å². The Morgan fingerprint density at radius 1 is 1.23 bits per heavy atom. The summed E-state index contributed by atoms with van der Waals surface area (Å²) in [6.07, 6.45) is 1.31. The van der Waals surface area contributed by atoms with Crippen LogP contribution in [0.25, 0.3) is 0 Å². The fraction of sp³-hybridized carbons (Fsp3) is 0.318. The number of benzene rings is 2. The Balaban J connectivity index is 1.72. The topological polar surface area (TPSA) is 35.5 Å². The van der Waals surface area contributed by atoms with Gasteiger partial charge in [0.05, 0.1) is 5.92 Å². The quantitative estimate of drug-likeness (QED) is 0.494. The summed E-state index contributed by atoms with van der Waals surface area (Å²) < 4.78 is 25.3. The van der Waals surface area contributed by atoms with E-state index in [1.807, 2.05) is 32.0 Å². The van der Waals surface area contributed by atoms with Crippen molar-refractivity contribution >= 4 is 5.97 Å². The van der Waals surface area contributed by atoms with Gasteiger partial charge in [0, 0.05) is 0 Å². The number of allylic oxidation sites excluding steroid dienone is 1. The van der Waals surface area contributed by atoms with Crippen LogP contribution in [0.15, 0.2) is 61.2 Å². The summed E-state index contributed by atoms with van der Waals surface area (Å²) in [6.45, 7) is 9.61. The van der Waals surface area contributed by atoms with E-state index in [1.54, 1.807) is 37.3 Å². The molecule has 3 unspecified atom stereocenters. The van der Waals surface area contributed by atoms with Crippen LogP contribution in [0.2, 0.25) is 0 Å². The molecule has 0 aliphatic heterocycles. The third-order valence-electron chi connectivity index (χ3n) is 5.11. The molecule has 2 aromatic rings. The first-order chi connectivity index (χ1) is 12.3. The maximum Gasteiger partial charge on any atom is 0.310 e. The van der Waals surface area contributed by atoms with Crippen molar-refractivity contribution in [3.05, 3.63) is 72.6 Å². The summed E-state index contributed by atoms with van der Waals surface area (Å²) in [7, 11) is 0. The zero-order chi connectivity index (χ0) is 18.9. The summed E-state index contributed by atoms with van der Waals surface area (Å²) in [6, 6.07) is 13.5. The average molecular weight is 354 g/mol. The van der Waals surface area contributed by atoms with Crippen molar-refractivity contribution in [3.63, 3.8) is 0 Å². The molecule has 2 aromatic carbocycles. The molecule has 0 heterocycles. The van der Waals surface area contributed by atoms with Crippen LogP contribution in [0.1, 0.15) is 32.4 Å². The predicted molar refractivity (Wildman–Crippen MR) is 98.4 cm³/mol. The van der Waals surface area contributed by atoms with Gasteiger partial charge in [0.2, 0.25) is 0 Å². The molecule has 0 radical (unpaired) electrons. The number of rotatable bonds is 6. The lowest BCUT2D eigenvalue weighted by molar-refractivity contribution is -0.151. The molecule has 0 bridgehead atoms. The second kappa shape index (κ2) is 6.94. The minimum atomic E-state index is -0.497. The lowest BCUT2D eigenvalue weighted by atomic mass is 10.1. The Morgan fingerprint density at radius 2 is 1.92 bits per heavy atom. The van der Waals surface area contributed by atoms with Gasteiger partial charge in [-0.1, -0.05) is 44.2 Å². The highest BCUT2D eigenvalue weighted by Gasteiger charge is 2.61. The van der Waals surface area contributed by atoms with Crippen LogP contribution in [0.3, 0.4) is 0 Å². The van der Waals surface area contributed by atoms with Crippen LogP contribution in [-0.4, -0.2) is 5.97 Å². The zero-order valence-corrected chi connectivity index (χ0v) is 15.2. The molecular formula is C22H23FO3. The SMILES string of the molecule is C=CC1C(C(=O)OC(C)c2ccc(F)c(Oc3ccccc3)c2)C1(C)C. The lowest BCUT2D eigenvalue weighted by Gasteiger charge is -2.16. The first-order valence-electron chi connectivity index (χ1n) is 8.70. The van der Waals surface area contributed by atoms with E-state index >= 15 is 0 Å². The Labute approximate surface area is 153 Å². The van der Waals surface area contributed by atoms with Gasteiger partial charge in [-0.3, -0.25) is 4.79 Å². The molecule has 0 N–H and O–H groups in total. The maximum absolute atomic E-state index is 14.1. The van der Waals surface area contributed by atoms with Crippen molar-refractivity contribution in [1.29, 1.82) is 0 Å². The van der Waals surface area contributed by atoms with E-state index in [0.29, 0.717) is 11.3 Å². The van der Waals surface area contributed by atoms with Crippen molar-refractivity contribution in [2.45, 2.75) is 26.9 Å². The van der Waals surface area contributed by atoms with Crippen molar-refractivity contribution in [1.82, 2.24) is 0 Å². The second-order valence-electron chi connectivity index (χ2n) is 7.24. The van der Waals surface area contributed by atoms with Gasteiger partial charge in [-0.25, -0.2) is 4.39 Å². The van der Waals surface area contributed by atoms with Crippen LogP contribution in [0.4, 0.5) is 4.39 Å². The number of hydrogen-bond donors (Lipinski definition) is 0. The molecule has 3 atom stereocenters. The Morgan fingerprint density at radius 3 is 2.54 bits per heavy atom. The normalized spacial score (nSPS) is 21.5. The number of para-hydroxylation sites is 1. The highest BCUT2D eigenvalue weighted by atomic mass is 19.1. The van der Waals surface area contributed by atoms with Gasteiger partial charge in [0.15, 0.2) is 11.6 Å². The van der Waals surface area contributed by atoms with E-state index < -0.39 is 11.9 Å². The second-order valence-corrected chi connectivity index (χ2v) is 7.24. The van der Waals surface area contributed by atoms with Gasteiger partial charge in [-0.05, 0) is 48.1 Å². The van der Waals surface area contributed by atoms with E-state index in [0.717, 1.165) is 0 Å². The van der Waals surface area contributed by atoms with E-state index in [4.69, 9.17) is 9.47 Å². The van der Waals surface area contributed by atoms with Gasteiger partial charge in [-0.2, -0.15) is 0 Å². The summed E-state index contributed by atoms with van der Waals surface area (Å²) in [4.78, 5) is 12.4. The molecule has 1 saturated carbocycles. The first kappa shape index (κ1) is 18.2. The largest absolute Gasteiger partial charge is 0.458 e. The number of halogens is 1. The summed E-state index contributed by atoms with van der Waals surface area (Å²) in [5.41, 5.74) is 0.558. The monoisotopic (exact) mass is 354 g/mol. The molecule has 0 spiro atoms. The highest BCUT2D eigenvalue weighted by molar-refractivity contribution is 5.78. The van der Waals surface area contributed by atoms with E-state index in [9.17, 15) is 9.18 Å². The van der Waals surface area contributed by atoms with Gasteiger partial charge in [0.25, 0.3) is 0 Å². The summed E-state index contributed by atoms with van der Waals surface area (Å²) >= 11 is 0. The highest BCUT2D eigenvalue weighted by Crippen LogP contribution is 2.59. The van der Waals surface area contributed by atoms with Crippen molar-refractivity contribution in [2.24, 2.45) is 17.3 Å². The molecular weight excluding hydrogens is 331 g/mol. The third kappa shape index (κ3) is 3.50. The number of carbonyl (C=O) groups excluding carboxylic acids is 1. The fourth-order valence-electron chi connectivity index (χ4n) is 3.35. The Hall–Kier alpha value is -2.62. The minimum Gasteiger partial charge on any atom is -0.458 e. The van der Waals surface area contributed by atoms with Gasteiger partial charge >= 0.3 is 5.97 Å². The van der Waals surface area contributed by atoms with Crippen LogP contribution < -0.4 is 4.74 Å². The standard InChI is InChI=1S/C22H23FO3/c1-5-17-20(22(17,3)4)21(24)25-14(2)15-11-12-18(23)19(13-15)26-16-9-7-6-8-10-16/h5-14,17,20H,1H2,2-4H3. The number of hydrogen-bond acceptors (Lipinski definition) is 3. The lowest BCUT2D eigenvalue weighted by Crippen LogP contribution is -2.13. The van der Waals surface area contributed by atoms with Gasteiger partial charge in [-0.15, -0.1) is 6.58 Å². The first-order valence-corrected chi connectivity index (χ1v) is 8.70. The molecule has 3 nitrogen and oxygen atoms in total.